The van der Waals surface area contributed by atoms with E-state index in [-0.39, 0.29) is 6.10 Å². The molecule has 1 aromatic carbocycles. The van der Waals surface area contributed by atoms with E-state index < -0.39 is 0 Å². The lowest BCUT2D eigenvalue weighted by molar-refractivity contribution is 0.0265. The third kappa shape index (κ3) is 3.42. The minimum Gasteiger partial charge on any atom is -0.385 e. The average molecular weight is 282 g/mol. The Kier molecular flexibility index (Phi) is 4.51. The Hall–Kier alpha value is -1.87. The summed E-state index contributed by atoms with van der Waals surface area (Å²) in [6.45, 7) is 3.58. The summed E-state index contributed by atoms with van der Waals surface area (Å²) in [5.41, 5.74) is 4.88. The lowest BCUT2D eigenvalue weighted by atomic mass is 9.89. The Bertz CT molecular complexity index is 597. The van der Waals surface area contributed by atoms with Crippen LogP contribution in [-0.2, 0) is 17.8 Å². The predicted molar refractivity (Wildman–Crippen MR) is 85.3 cm³/mol. The Morgan fingerprint density at radius 2 is 2.19 bits per heavy atom. The van der Waals surface area contributed by atoms with Crippen LogP contribution in [0.3, 0.4) is 0 Å². The molecule has 0 bridgehead atoms. The molecule has 0 spiro atoms. The third-order valence-corrected chi connectivity index (χ3v) is 3.94. The highest BCUT2D eigenvalue weighted by Gasteiger charge is 2.20. The standard InChI is InChI=1S/C18H22N2O/c1-2-19-15-10-11-20-16(12-15)13-21-18-9-5-7-14-6-3-4-8-17(14)18/h3-4,6,8,10-12,18H,2,5,7,9,13H2,1H3,(H,19,20). The summed E-state index contributed by atoms with van der Waals surface area (Å²) in [6.07, 6.45) is 5.52. The number of nitrogens with one attached hydrogen (secondary N) is 1. The van der Waals surface area contributed by atoms with E-state index in [1.54, 1.807) is 0 Å². The fourth-order valence-corrected chi connectivity index (χ4v) is 2.94. The zero-order valence-electron chi connectivity index (χ0n) is 12.5. The Labute approximate surface area is 126 Å². The normalized spacial score (nSPS) is 17.3. The van der Waals surface area contributed by atoms with Gasteiger partial charge in [-0.15, -0.1) is 0 Å². The Morgan fingerprint density at radius 1 is 1.29 bits per heavy atom. The number of hydrogen-bond acceptors (Lipinski definition) is 3. The highest BCUT2D eigenvalue weighted by atomic mass is 16.5. The van der Waals surface area contributed by atoms with Crippen molar-refractivity contribution in [2.24, 2.45) is 0 Å². The van der Waals surface area contributed by atoms with Crippen LogP contribution in [-0.4, -0.2) is 11.5 Å². The van der Waals surface area contributed by atoms with Crippen molar-refractivity contribution >= 4 is 5.69 Å². The Balaban J connectivity index is 1.67. The monoisotopic (exact) mass is 282 g/mol. The van der Waals surface area contributed by atoms with Crippen molar-refractivity contribution in [2.45, 2.75) is 38.9 Å². The van der Waals surface area contributed by atoms with Gasteiger partial charge in [-0.1, -0.05) is 24.3 Å². The fourth-order valence-electron chi connectivity index (χ4n) is 2.94. The van der Waals surface area contributed by atoms with E-state index in [0.29, 0.717) is 6.61 Å². The van der Waals surface area contributed by atoms with E-state index in [4.69, 9.17) is 4.74 Å². The summed E-state index contributed by atoms with van der Waals surface area (Å²) in [6, 6.07) is 12.7. The molecule has 0 saturated heterocycles. The molecule has 1 aliphatic carbocycles. The zero-order valence-corrected chi connectivity index (χ0v) is 12.5. The zero-order chi connectivity index (χ0) is 14.5. The summed E-state index contributed by atoms with van der Waals surface area (Å²) in [5.74, 6) is 0. The molecule has 0 fully saturated rings. The number of aromatic nitrogens is 1. The van der Waals surface area contributed by atoms with Gasteiger partial charge in [0, 0.05) is 18.4 Å². The summed E-state index contributed by atoms with van der Waals surface area (Å²) in [5, 5.41) is 3.31. The van der Waals surface area contributed by atoms with Gasteiger partial charge in [0.15, 0.2) is 0 Å². The van der Waals surface area contributed by atoms with Crippen LogP contribution >= 0.6 is 0 Å². The summed E-state index contributed by atoms with van der Waals surface area (Å²) in [7, 11) is 0. The minimum absolute atomic E-state index is 0.208. The van der Waals surface area contributed by atoms with E-state index in [0.717, 1.165) is 24.3 Å². The number of benzene rings is 1. The van der Waals surface area contributed by atoms with Crippen LogP contribution in [0.25, 0.3) is 0 Å². The molecule has 2 aromatic rings. The van der Waals surface area contributed by atoms with Gasteiger partial charge in [0.2, 0.25) is 0 Å². The van der Waals surface area contributed by atoms with Crippen molar-refractivity contribution in [1.29, 1.82) is 0 Å². The molecule has 1 heterocycles. The van der Waals surface area contributed by atoms with E-state index in [2.05, 4.69) is 47.6 Å². The van der Waals surface area contributed by atoms with Crippen LogP contribution in [0, 0.1) is 0 Å². The van der Waals surface area contributed by atoms with Crippen molar-refractivity contribution in [3.05, 3.63) is 59.4 Å². The molecule has 0 amide bonds. The van der Waals surface area contributed by atoms with Crippen LogP contribution in [0.5, 0.6) is 0 Å². The Morgan fingerprint density at radius 3 is 3.10 bits per heavy atom. The lowest BCUT2D eigenvalue weighted by Crippen LogP contribution is -2.13. The second-order valence-electron chi connectivity index (χ2n) is 5.46. The van der Waals surface area contributed by atoms with Crippen LogP contribution in [0.15, 0.2) is 42.6 Å². The number of anilines is 1. The average Bonchev–Trinajstić information content (AvgIpc) is 2.53. The van der Waals surface area contributed by atoms with Crippen molar-refractivity contribution in [3.8, 4) is 0 Å². The molecule has 1 N–H and O–H groups in total. The predicted octanol–water partition coefficient (Wildman–Crippen LogP) is 4.11. The quantitative estimate of drug-likeness (QED) is 0.896. The third-order valence-electron chi connectivity index (χ3n) is 3.94. The molecule has 0 saturated carbocycles. The van der Waals surface area contributed by atoms with Gasteiger partial charge in [-0.3, -0.25) is 4.98 Å². The molecule has 110 valence electrons. The number of hydrogen-bond donors (Lipinski definition) is 1. The molecule has 3 nitrogen and oxygen atoms in total. The molecular weight excluding hydrogens is 260 g/mol. The lowest BCUT2D eigenvalue weighted by Gasteiger charge is -2.25. The first-order chi connectivity index (χ1) is 10.4. The number of ether oxygens (including phenoxy) is 1. The SMILES string of the molecule is CCNc1ccnc(COC2CCCc3ccccc32)c1. The van der Waals surface area contributed by atoms with Gasteiger partial charge >= 0.3 is 0 Å². The van der Waals surface area contributed by atoms with E-state index in [1.807, 2.05) is 12.3 Å². The van der Waals surface area contributed by atoms with Crippen LogP contribution in [0.1, 0.15) is 42.7 Å². The second-order valence-corrected chi connectivity index (χ2v) is 5.46. The number of aryl methyl sites for hydroxylation is 1. The first-order valence-corrected chi connectivity index (χ1v) is 7.75. The smallest absolute Gasteiger partial charge is 0.0897 e. The van der Waals surface area contributed by atoms with Crippen LogP contribution in [0.4, 0.5) is 5.69 Å². The van der Waals surface area contributed by atoms with Crippen LogP contribution < -0.4 is 5.32 Å². The molecule has 3 heteroatoms. The van der Waals surface area contributed by atoms with E-state index in [9.17, 15) is 0 Å². The number of fused-ring (bicyclic) bond motifs is 1. The highest BCUT2D eigenvalue weighted by Crippen LogP contribution is 2.32. The molecular formula is C18H22N2O. The molecule has 1 aliphatic rings. The largest absolute Gasteiger partial charge is 0.385 e. The highest BCUT2D eigenvalue weighted by molar-refractivity contribution is 5.42. The summed E-state index contributed by atoms with van der Waals surface area (Å²) < 4.78 is 6.14. The topological polar surface area (TPSA) is 34.2 Å². The second kappa shape index (κ2) is 6.72. The van der Waals surface area contributed by atoms with E-state index in [1.165, 1.54) is 24.0 Å². The number of pyridine rings is 1. The number of rotatable bonds is 5. The fraction of sp³-hybridized carbons (Fsp3) is 0.389. The van der Waals surface area contributed by atoms with Gasteiger partial charge in [-0.25, -0.2) is 0 Å². The molecule has 21 heavy (non-hydrogen) atoms. The van der Waals surface area contributed by atoms with Gasteiger partial charge < -0.3 is 10.1 Å². The van der Waals surface area contributed by atoms with Gasteiger partial charge in [-0.2, -0.15) is 0 Å². The molecule has 0 radical (unpaired) electrons. The van der Waals surface area contributed by atoms with Gasteiger partial charge in [0.1, 0.15) is 0 Å². The number of nitrogens with zero attached hydrogens (tertiary/aromatic N) is 1. The maximum Gasteiger partial charge on any atom is 0.0897 e. The first kappa shape index (κ1) is 14.1. The maximum atomic E-state index is 6.14. The van der Waals surface area contributed by atoms with Gasteiger partial charge in [0.05, 0.1) is 18.4 Å². The molecule has 1 unspecified atom stereocenters. The molecule has 3 rings (SSSR count). The molecule has 0 aliphatic heterocycles. The maximum absolute atomic E-state index is 6.14. The van der Waals surface area contributed by atoms with E-state index >= 15 is 0 Å². The molecule has 1 atom stereocenters. The van der Waals surface area contributed by atoms with Crippen molar-refractivity contribution < 1.29 is 4.74 Å². The van der Waals surface area contributed by atoms with Crippen LogP contribution in [0.2, 0.25) is 0 Å². The van der Waals surface area contributed by atoms with Crippen molar-refractivity contribution in [1.82, 2.24) is 4.98 Å². The minimum atomic E-state index is 0.208. The van der Waals surface area contributed by atoms with Gasteiger partial charge in [-0.05, 0) is 49.4 Å². The van der Waals surface area contributed by atoms with Gasteiger partial charge in [0.25, 0.3) is 0 Å². The van der Waals surface area contributed by atoms with Crippen molar-refractivity contribution in [3.63, 3.8) is 0 Å². The summed E-state index contributed by atoms with van der Waals surface area (Å²) in [4.78, 5) is 4.40. The van der Waals surface area contributed by atoms with Crippen molar-refractivity contribution in [2.75, 3.05) is 11.9 Å². The molecule has 1 aromatic heterocycles. The first-order valence-electron chi connectivity index (χ1n) is 7.75. The summed E-state index contributed by atoms with van der Waals surface area (Å²) >= 11 is 0.